The molecule has 0 amide bonds. The smallest absolute Gasteiger partial charge is 0.120 e. The number of nitrogens with one attached hydrogen (secondary N) is 1. The summed E-state index contributed by atoms with van der Waals surface area (Å²) in [5.41, 5.74) is 0. The van der Waals surface area contributed by atoms with Crippen LogP contribution < -0.4 is 10.1 Å². The second-order valence-corrected chi connectivity index (χ2v) is 5.22. The van der Waals surface area contributed by atoms with Crippen LogP contribution in [0, 0.1) is 5.92 Å². The van der Waals surface area contributed by atoms with E-state index in [-0.39, 0.29) is 0 Å². The molecule has 0 radical (unpaired) electrons. The monoisotopic (exact) mass is 283 g/mol. The minimum absolute atomic E-state index is 0.793. The Morgan fingerprint density at radius 1 is 1.44 bits per heavy atom. The molecule has 1 atom stereocenters. The maximum absolute atomic E-state index is 5.73. The van der Waals surface area contributed by atoms with Gasteiger partial charge >= 0.3 is 0 Å². The van der Waals surface area contributed by atoms with E-state index >= 15 is 0 Å². The molecule has 3 heteroatoms. The second kappa shape index (κ2) is 6.26. The first-order chi connectivity index (χ1) is 7.84. The Kier molecular flexibility index (Phi) is 4.67. The van der Waals surface area contributed by atoms with Gasteiger partial charge in [-0.3, -0.25) is 0 Å². The summed E-state index contributed by atoms with van der Waals surface area (Å²) in [5, 5.41) is 3.43. The fraction of sp³-hybridized carbons (Fsp3) is 0.538. The van der Waals surface area contributed by atoms with Crippen LogP contribution in [0.3, 0.4) is 0 Å². The first kappa shape index (κ1) is 11.9. The van der Waals surface area contributed by atoms with Crippen molar-refractivity contribution in [1.82, 2.24) is 5.32 Å². The molecule has 1 fully saturated rings. The van der Waals surface area contributed by atoms with Crippen LogP contribution >= 0.6 is 15.9 Å². The highest BCUT2D eigenvalue weighted by atomic mass is 79.9. The minimum atomic E-state index is 0.793. The largest absolute Gasteiger partial charge is 0.494 e. The third kappa shape index (κ3) is 3.80. The molecule has 1 saturated heterocycles. The summed E-state index contributed by atoms with van der Waals surface area (Å²) in [7, 11) is 0. The summed E-state index contributed by atoms with van der Waals surface area (Å²) in [6.07, 6.45) is 3.80. The average Bonchev–Trinajstić information content (AvgIpc) is 2.30. The van der Waals surface area contributed by atoms with Crippen molar-refractivity contribution in [3.63, 3.8) is 0 Å². The van der Waals surface area contributed by atoms with Crippen LogP contribution in [-0.4, -0.2) is 19.7 Å². The van der Waals surface area contributed by atoms with Crippen molar-refractivity contribution >= 4 is 15.9 Å². The molecule has 1 aromatic rings. The lowest BCUT2D eigenvalue weighted by molar-refractivity contribution is 0.254. The van der Waals surface area contributed by atoms with Crippen molar-refractivity contribution in [2.75, 3.05) is 19.7 Å². The topological polar surface area (TPSA) is 21.3 Å². The van der Waals surface area contributed by atoms with Gasteiger partial charge in [-0.15, -0.1) is 0 Å². The van der Waals surface area contributed by atoms with Gasteiger partial charge in [-0.25, -0.2) is 0 Å². The Morgan fingerprint density at radius 2 is 2.38 bits per heavy atom. The van der Waals surface area contributed by atoms with Crippen LogP contribution in [-0.2, 0) is 0 Å². The summed E-state index contributed by atoms with van der Waals surface area (Å²) < 4.78 is 6.81. The standard InChI is InChI=1S/C13H18BrNO/c14-12-4-1-5-13(9-12)16-8-6-11-3-2-7-15-10-11/h1,4-5,9,11,15H,2-3,6-8,10H2/t11-/m1/s1. The first-order valence-corrected chi connectivity index (χ1v) is 6.73. The molecule has 1 aromatic carbocycles. The molecule has 1 heterocycles. The van der Waals surface area contributed by atoms with E-state index in [2.05, 4.69) is 21.2 Å². The van der Waals surface area contributed by atoms with Crippen LogP contribution in [0.2, 0.25) is 0 Å². The molecule has 1 aliphatic heterocycles. The van der Waals surface area contributed by atoms with Gasteiger partial charge in [-0.1, -0.05) is 22.0 Å². The highest BCUT2D eigenvalue weighted by Crippen LogP contribution is 2.19. The van der Waals surface area contributed by atoms with Crippen molar-refractivity contribution in [1.29, 1.82) is 0 Å². The van der Waals surface area contributed by atoms with E-state index in [1.807, 2.05) is 24.3 Å². The highest BCUT2D eigenvalue weighted by molar-refractivity contribution is 9.10. The fourth-order valence-electron chi connectivity index (χ4n) is 2.07. The van der Waals surface area contributed by atoms with Gasteiger partial charge < -0.3 is 10.1 Å². The van der Waals surface area contributed by atoms with Gasteiger partial charge in [0.05, 0.1) is 6.61 Å². The molecule has 2 rings (SSSR count). The van der Waals surface area contributed by atoms with Gasteiger partial charge in [0.1, 0.15) is 5.75 Å². The predicted octanol–water partition coefficient (Wildman–Crippen LogP) is 3.22. The maximum atomic E-state index is 5.73. The van der Waals surface area contributed by atoms with Crippen LogP contribution in [0.1, 0.15) is 19.3 Å². The third-order valence-corrected chi connectivity index (χ3v) is 3.48. The molecule has 1 N–H and O–H groups in total. The number of benzene rings is 1. The lowest BCUT2D eigenvalue weighted by atomic mass is 9.97. The predicted molar refractivity (Wildman–Crippen MR) is 69.8 cm³/mol. The molecule has 16 heavy (non-hydrogen) atoms. The number of rotatable bonds is 4. The van der Waals surface area contributed by atoms with Gasteiger partial charge in [0.15, 0.2) is 0 Å². The fourth-order valence-corrected chi connectivity index (χ4v) is 2.45. The molecule has 2 nitrogen and oxygen atoms in total. The quantitative estimate of drug-likeness (QED) is 0.916. The summed E-state index contributed by atoms with van der Waals surface area (Å²) in [6, 6.07) is 8.03. The van der Waals surface area contributed by atoms with Crippen LogP contribution in [0.5, 0.6) is 5.75 Å². The zero-order valence-corrected chi connectivity index (χ0v) is 11.0. The zero-order chi connectivity index (χ0) is 11.2. The first-order valence-electron chi connectivity index (χ1n) is 5.94. The van der Waals surface area contributed by atoms with Gasteiger partial charge in [0.25, 0.3) is 0 Å². The lowest BCUT2D eigenvalue weighted by Crippen LogP contribution is -2.30. The highest BCUT2D eigenvalue weighted by Gasteiger charge is 2.12. The van der Waals surface area contributed by atoms with Gasteiger partial charge in [0.2, 0.25) is 0 Å². The van der Waals surface area contributed by atoms with E-state index in [9.17, 15) is 0 Å². The number of ether oxygens (including phenoxy) is 1. The van der Waals surface area contributed by atoms with E-state index in [4.69, 9.17) is 4.74 Å². The van der Waals surface area contributed by atoms with Crippen LogP contribution in [0.25, 0.3) is 0 Å². The van der Waals surface area contributed by atoms with E-state index in [0.717, 1.165) is 35.7 Å². The second-order valence-electron chi connectivity index (χ2n) is 4.31. The number of halogens is 1. The van der Waals surface area contributed by atoms with E-state index in [1.54, 1.807) is 0 Å². The summed E-state index contributed by atoms with van der Waals surface area (Å²) in [6.45, 7) is 3.16. The average molecular weight is 284 g/mol. The van der Waals surface area contributed by atoms with Crippen molar-refractivity contribution in [3.8, 4) is 5.75 Å². The van der Waals surface area contributed by atoms with Gasteiger partial charge in [-0.2, -0.15) is 0 Å². The minimum Gasteiger partial charge on any atom is -0.494 e. The summed E-state index contributed by atoms with van der Waals surface area (Å²) in [4.78, 5) is 0. The molecule has 0 aromatic heterocycles. The number of hydrogen-bond acceptors (Lipinski definition) is 2. The number of piperidine rings is 1. The Hall–Kier alpha value is -0.540. The molecular weight excluding hydrogens is 266 g/mol. The summed E-state index contributed by atoms with van der Waals surface area (Å²) >= 11 is 3.44. The van der Waals surface area contributed by atoms with Crippen LogP contribution in [0.15, 0.2) is 28.7 Å². The molecule has 88 valence electrons. The Balaban J connectivity index is 1.71. The van der Waals surface area contributed by atoms with Crippen molar-refractivity contribution in [2.45, 2.75) is 19.3 Å². The Morgan fingerprint density at radius 3 is 3.12 bits per heavy atom. The molecule has 0 unspecified atom stereocenters. The van der Waals surface area contributed by atoms with Gasteiger partial charge in [0, 0.05) is 4.47 Å². The van der Waals surface area contributed by atoms with Crippen molar-refractivity contribution in [2.24, 2.45) is 5.92 Å². The van der Waals surface area contributed by atoms with Crippen LogP contribution in [0.4, 0.5) is 0 Å². The van der Waals surface area contributed by atoms with E-state index in [1.165, 1.54) is 19.4 Å². The molecular formula is C13H18BrNO. The van der Waals surface area contributed by atoms with Crippen molar-refractivity contribution < 1.29 is 4.74 Å². The number of hydrogen-bond donors (Lipinski definition) is 1. The van der Waals surface area contributed by atoms with E-state index < -0.39 is 0 Å². The third-order valence-electron chi connectivity index (χ3n) is 2.99. The molecule has 1 aliphatic rings. The Bertz CT molecular complexity index is 323. The SMILES string of the molecule is Brc1cccc(OCC[C@H]2CCCNC2)c1. The molecule has 0 saturated carbocycles. The van der Waals surface area contributed by atoms with Gasteiger partial charge in [-0.05, 0) is 56.5 Å². The van der Waals surface area contributed by atoms with Crippen molar-refractivity contribution in [3.05, 3.63) is 28.7 Å². The maximum Gasteiger partial charge on any atom is 0.120 e. The zero-order valence-electron chi connectivity index (χ0n) is 9.42. The lowest BCUT2D eigenvalue weighted by Gasteiger charge is -2.22. The van der Waals surface area contributed by atoms with E-state index in [0.29, 0.717) is 0 Å². The molecule has 0 bridgehead atoms. The normalized spacial score (nSPS) is 20.7. The summed E-state index contributed by atoms with van der Waals surface area (Å²) in [5.74, 6) is 1.75. The molecule has 0 spiro atoms. The molecule has 0 aliphatic carbocycles. The Labute approximate surface area is 106 Å².